The topological polar surface area (TPSA) is 28.7 Å². The number of halogens is 2. The zero-order valence-electron chi connectivity index (χ0n) is 8.27. The molecule has 3 rings (SSSR count). The summed E-state index contributed by atoms with van der Waals surface area (Å²) in [6.45, 7) is 2.25. The van der Waals surface area contributed by atoms with E-state index in [9.17, 15) is 0 Å². The maximum atomic E-state index is 6.31. The van der Waals surface area contributed by atoms with Crippen LogP contribution in [-0.2, 0) is 5.41 Å². The largest absolute Gasteiger partial charge is 0.278 e. The molecule has 0 amide bonds. The zero-order valence-corrected chi connectivity index (χ0v) is 10.6. The number of rotatable bonds is 1. The highest BCUT2D eigenvalue weighted by Gasteiger charge is 2.42. The van der Waals surface area contributed by atoms with Crippen molar-refractivity contribution in [1.29, 1.82) is 0 Å². The molecule has 0 bridgehead atoms. The lowest BCUT2D eigenvalue weighted by atomic mass is 9.97. The van der Waals surface area contributed by atoms with Crippen LogP contribution in [0.1, 0.15) is 25.3 Å². The summed E-state index contributed by atoms with van der Waals surface area (Å²) in [6.07, 6.45) is 4.27. The Morgan fingerprint density at radius 2 is 2.27 bits per heavy atom. The molecule has 4 heteroatoms. The summed E-state index contributed by atoms with van der Waals surface area (Å²) < 4.78 is 1.10. The molecule has 1 fully saturated rings. The van der Waals surface area contributed by atoms with E-state index in [4.69, 9.17) is 11.6 Å². The molecule has 1 aliphatic rings. The molecule has 1 aromatic carbocycles. The Kier molecular flexibility index (Phi) is 1.92. The van der Waals surface area contributed by atoms with E-state index in [1.54, 1.807) is 0 Å². The fourth-order valence-electron chi connectivity index (χ4n) is 2.01. The van der Waals surface area contributed by atoms with Gasteiger partial charge in [0.2, 0.25) is 0 Å². The molecule has 78 valence electrons. The Bertz CT molecular complexity index is 543. The molecule has 2 aromatic rings. The van der Waals surface area contributed by atoms with Crippen LogP contribution in [0, 0.1) is 0 Å². The zero-order chi connectivity index (χ0) is 10.6. The molecule has 0 radical (unpaired) electrons. The van der Waals surface area contributed by atoms with Crippen LogP contribution in [0.15, 0.2) is 16.7 Å². The van der Waals surface area contributed by atoms with E-state index in [0.717, 1.165) is 20.4 Å². The molecule has 2 nitrogen and oxygen atoms in total. The molecule has 0 saturated heterocycles. The van der Waals surface area contributed by atoms with Gasteiger partial charge in [-0.05, 0) is 45.8 Å². The summed E-state index contributed by atoms with van der Waals surface area (Å²) in [5.74, 6) is 0. The highest BCUT2D eigenvalue weighted by atomic mass is 79.9. The van der Waals surface area contributed by atoms with Crippen LogP contribution in [0.2, 0.25) is 5.02 Å². The Labute approximate surface area is 101 Å². The summed E-state index contributed by atoms with van der Waals surface area (Å²) in [7, 11) is 0. The van der Waals surface area contributed by atoms with E-state index < -0.39 is 0 Å². The lowest BCUT2D eigenvalue weighted by molar-refractivity contribution is 0.785. The maximum Gasteiger partial charge on any atom is 0.0676 e. The summed E-state index contributed by atoms with van der Waals surface area (Å²) in [6, 6.07) is 1.97. The van der Waals surface area contributed by atoms with Gasteiger partial charge < -0.3 is 0 Å². The Hall–Kier alpha value is -0.540. The molecule has 1 N–H and O–H groups in total. The van der Waals surface area contributed by atoms with Gasteiger partial charge in [0.25, 0.3) is 0 Å². The fourth-order valence-corrected chi connectivity index (χ4v) is 3.56. The van der Waals surface area contributed by atoms with Crippen LogP contribution in [0.3, 0.4) is 0 Å². The number of nitrogens with one attached hydrogen (secondary N) is 1. The van der Waals surface area contributed by atoms with Crippen molar-refractivity contribution in [3.8, 4) is 0 Å². The standard InChI is InChI=1S/C11H10BrClN2/c1-11(2-3-11)9-7(13)4-8-6(10(9)12)5-14-15-8/h4-5H,2-3H2,1H3,(H,14,15). The van der Waals surface area contributed by atoms with E-state index in [1.165, 1.54) is 18.4 Å². The predicted octanol–water partition coefficient (Wildman–Crippen LogP) is 4.03. The molecule has 1 aromatic heterocycles. The Balaban J connectivity index is 2.37. The van der Waals surface area contributed by atoms with Crippen molar-refractivity contribution < 1.29 is 0 Å². The molecule has 15 heavy (non-hydrogen) atoms. The monoisotopic (exact) mass is 284 g/mol. The number of fused-ring (bicyclic) bond motifs is 1. The molecular formula is C11H10BrClN2. The maximum absolute atomic E-state index is 6.31. The minimum atomic E-state index is 0.265. The highest BCUT2D eigenvalue weighted by Crippen LogP contribution is 2.53. The van der Waals surface area contributed by atoms with Gasteiger partial charge in [0.15, 0.2) is 0 Å². The third-order valence-electron chi connectivity index (χ3n) is 3.24. The highest BCUT2D eigenvalue weighted by molar-refractivity contribution is 9.10. The lowest BCUT2D eigenvalue weighted by Gasteiger charge is -2.14. The number of nitrogens with zero attached hydrogens (tertiary/aromatic N) is 1. The SMILES string of the molecule is CC1(c2c(Cl)cc3[nH]ncc3c2Br)CC1. The molecule has 1 aliphatic carbocycles. The van der Waals surface area contributed by atoms with Gasteiger partial charge in [-0.15, -0.1) is 0 Å². The van der Waals surface area contributed by atoms with E-state index in [1.807, 2.05) is 12.3 Å². The Morgan fingerprint density at radius 3 is 2.93 bits per heavy atom. The molecular weight excluding hydrogens is 275 g/mol. The van der Waals surface area contributed by atoms with E-state index in [0.29, 0.717) is 0 Å². The number of hydrogen-bond donors (Lipinski definition) is 1. The van der Waals surface area contributed by atoms with Crippen LogP contribution in [-0.4, -0.2) is 10.2 Å². The van der Waals surface area contributed by atoms with Crippen LogP contribution < -0.4 is 0 Å². The van der Waals surface area contributed by atoms with E-state index >= 15 is 0 Å². The first-order valence-corrected chi connectivity index (χ1v) is 6.10. The van der Waals surface area contributed by atoms with Gasteiger partial charge >= 0.3 is 0 Å². The van der Waals surface area contributed by atoms with Gasteiger partial charge in [-0.1, -0.05) is 18.5 Å². The van der Waals surface area contributed by atoms with Crippen LogP contribution >= 0.6 is 27.5 Å². The average Bonchev–Trinajstić information content (AvgIpc) is 2.75. The van der Waals surface area contributed by atoms with Gasteiger partial charge in [-0.2, -0.15) is 5.10 Å². The van der Waals surface area contributed by atoms with Crippen LogP contribution in [0.5, 0.6) is 0 Å². The third-order valence-corrected chi connectivity index (χ3v) is 4.36. The van der Waals surface area contributed by atoms with E-state index in [-0.39, 0.29) is 5.41 Å². The van der Waals surface area contributed by atoms with Crippen molar-refractivity contribution in [2.75, 3.05) is 0 Å². The van der Waals surface area contributed by atoms with Crippen LogP contribution in [0.25, 0.3) is 10.9 Å². The molecule has 0 unspecified atom stereocenters. The first-order chi connectivity index (χ1) is 7.12. The average molecular weight is 286 g/mol. The molecule has 1 saturated carbocycles. The van der Waals surface area contributed by atoms with Crippen molar-refractivity contribution in [2.45, 2.75) is 25.2 Å². The fraction of sp³-hybridized carbons (Fsp3) is 0.364. The summed E-state index contributed by atoms with van der Waals surface area (Å²) in [5.41, 5.74) is 2.49. The van der Waals surface area contributed by atoms with E-state index in [2.05, 4.69) is 33.1 Å². The van der Waals surface area contributed by atoms with Crippen molar-refractivity contribution in [2.24, 2.45) is 0 Å². The smallest absolute Gasteiger partial charge is 0.0676 e. The summed E-state index contributed by atoms with van der Waals surface area (Å²) in [5, 5.41) is 8.91. The van der Waals surface area contributed by atoms with Crippen molar-refractivity contribution in [3.63, 3.8) is 0 Å². The van der Waals surface area contributed by atoms with Crippen molar-refractivity contribution >= 4 is 38.4 Å². The predicted molar refractivity (Wildman–Crippen MR) is 65.4 cm³/mol. The second kappa shape index (κ2) is 2.98. The number of aromatic amines is 1. The van der Waals surface area contributed by atoms with Crippen molar-refractivity contribution in [1.82, 2.24) is 10.2 Å². The van der Waals surface area contributed by atoms with Gasteiger partial charge in [0, 0.05) is 14.9 Å². The normalized spacial score (nSPS) is 18.3. The number of H-pyrrole nitrogens is 1. The van der Waals surface area contributed by atoms with Gasteiger partial charge in [0.05, 0.1) is 11.7 Å². The third kappa shape index (κ3) is 1.33. The second-order valence-corrected chi connectivity index (χ2v) is 5.64. The lowest BCUT2D eigenvalue weighted by Crippen LogP contribution is -2.02. The second-order valence-electron chi connectivity index (χ2n) is 4.44. The first kappa shape index (κ1) is 9.67. The molecule has 0 atom stereocenters. The van der Waals surface area contributed by atoms with Gasteiger partial charge in [0.1, 0.15) is 0 Å². The molecule has 0 aliphatic heterocycles. The quantitative estimate of drug-likeness (QED) is 0.842. The van der Waals surface area contributed by atoms with Gasteiger partial charge in [-0.25, -0.2) is 0 Å². The number of benzene rings is 1. The number of aromatic nitrogens is 2. The number of hydrogen-bond acceptors (Lipinski definition) is 1. The molecule has 1 heterocycles. The van der Waals surface area contributed by atoms with Gasteiger partial charge in [-0.3, -0.25) is 5.10 Å². The minimum Gasteiger partial charge on any atom is -0.278 e. The van der Waals surface area contributed by atoms with Crippen LogP contribution in [0.4, 0.5) is 0 Å². The first-order valence-electron chi connectivity index (χ1n) is 4.93. The molecule has 0 spiro atoms. The Morgan fingerprint density at radius 1 is 1.53 bits per heavy atom. The summed E-state index contributed by atoms with van der Waals surface area (Å²) >= 11 is 9.96. The van der Waals surface area contributed by atoms with Crippen molar-refractivity contribution in [3.05, 3.63) is 27.3 Å². The minimum absolute atomic E-state index is 0.265. The summed E-state index contributed by atoms with van der Waals surface area (Å²) in [4.78, 5) is 0.